The highest BCUT2D eigenvalue weighted by molar-refractivity contribution is 6.00. The molecule has 4 heteroatoms. The first-order valence-corrected chi connectivity index (χ1v) is 6.25. The van der Waals surface area contributed by atoms with Crippen LogP contribution in [0.1, 0.15) is 31.7 Å². The van der Waals surface area contributed by atoms with Crippen molar-refractivity contribution < 1.29 is 0 Å². The van der Waals surface area contributed by atoms with E-state index in [4.69, 9.17) is 11.1 Å². The number of aromatic nitrogens is 1. The van der Waals surface area contributed by atoms with Gasteiger partial charge in [0.1, 0.15) is 5.84 Å². The maximum atomic E-state index is 7.59. The molecule has 2 heterocycles. The highest BCUT2D eigenvalue weighted by Gasteiger charge is 2.24. The molecule has 0 spiro atoms. The Balaban J connectivity index is 2.16. The smallest absolute Gasteiger partial charge is 0.125 e. The van der Waals surface area contributed by atoms with Gasteiger partial charge in [-0.2, -0.15) is 0 Å². The molecule has 2 rings (SSSR count). The highest BCUT2D eigenvalue weighted by atomic mass is 15.2. The molecule has 0 saturated carbocycles. The third-order valence-electron chi connectivity index (χ3n) is 3.41. The average molecular weight is 232 g/mol. The molecule has 1 aliphatic heterocycles. The summed E-state index contributed by atoms with van der Waals surface area (Å²) in [6.45, 7) is 4.35. The zero-order valence-electron chi connectivity index (χ0n) is 10.3. The van der Waals surface area contributed by atoms with Gasteiger partial charge in [-0.1, -0.05) is 13.3 Å². The number of hydrogen-bond acceptors (Lipinski definition) is 3. The fourth-order valence-electron chi connectivity index (χ4n) is 2.56. The fraction of sp³-hybridized carbons (Fsp3) is 0.538. The van der Waals surface area contributed by atoms with Crippen LogP contribution in [0, 0.1) is 11.3 Å². The Labute approximate surface area is 102 Å². The summed E-state index contributed by atoms with van der Waals surface area (Å²) >= 11 is 0. The lowest BCUT2D eigenvalue weighted by atomic mass is 10.0. The number of nitrogens with zero attached hydrogens (tertiary/aromatic N) is 2. The van der Waals surface area contributed by atoms with Gasteiger partial charge in [-0.3, -0.25) is 10.4 Å². The maximum absolute atomic E-state index is 7.59. The molecule has 0 aliphatic carbocycles. The summed E-state index contributed by atoms with van der Waals surface area (Å²) in [5.41, 5.74) is 7.42. The first-order chi connectivity index (χ1) is 8.22. The number of pyridine rings is 1. The van der Waals surface area contributed by atoms with Crippen molar-refractivity contribution in [1.82, 2.24) is 4.98 Å². The van der Waals surface area contributed by atoms with E-state index in [1.54, 1.807) is 6.20 Å². The average Bonchev–Trinajstić information content (AvgIpc) is 2.78. The predicted octanol–water partition coefficient (Wildman–Crippen LogP) is 1.99. The second-order valence-electron chi connectivity index (χ2n) is 4.70. The minimum atomic E-state index is 0.126. The zero-order chi connectivity index (χ0) is 12.3. The van der Waals surface area contributed by atoms with E-state index in [2.05, 4.69) is 16.8 Å². The predicted molar refractivity (Wildman–Crippen MR) is 70.5 cm³/mol. The van der Waals surface area contributed by atoms with Gasteiger partial charge in [0, 0.05) is 24.8 Å². The van der Waals surface area contributed by atoms with Crippen molar-refractivity contribution in [2.45, 2.75) is 26.2 Å². The molecule has 4 nitrogen and oxygen atoms in total. The Bertz CT molecular complexity index is 402. The summed E-state index contributed by atoms with van der Waals surface area (Å²) in [7, 11) is 0. The van der Waals surface area contributed by atoms with Gasteiger partial charge in [-0.15, -0.1) is 0 Å². The molecule has 17 heavy (non-hydrogen) atoms. The van der Waals surface area contributed by atoms with E-state index in [0.29, 0.717) is 0 Å². The minimum Gasteiger partial charge on any atom is -0.384 e. The fourth-order valence-corrected chi connectivity index (χ4v) is 2.56. The van der Waals surface area contributed by atoms with Crippen LogP contribution in [-0.2, 0) is 0 Å². The highest BCUT2D eigenvalue weighted by Crippen LogP contribution is 2.28. The van der Waals surface area contributed by atoms with Gasteiger partial charge in [-0.25, -0.2) is 0 Å². The second-order valence-corrected chi connectivity index (χ2v) is 4.70. The van der Waals surface area contributed by atoms with Crippen molar-refractivity contribution in [2.75, 3.05) is 18.0 Å². The van der Waals surface area contributed by atoms with Crippen LogP contribution in [0.5, 0.6) is 0 Å². The number of rotatable bonds is 4. The summed E-state index contributed by atoms with van der Waals surface area (Å²) in [4.78, 5) is 6.46. The monoisotopic (exact) mass is 232 g/mol. The van der Waals surface area contributed by atoms with Crippen LogP contribution < -0.4 is 10.6 Å². The van der Waals surface area contributed by atoms with E-state index >= 15 is 0 Å². The van der Waals surface area contributed by atoms with Crippen LogP contribution in [0.15, 0.2) is 18.5 Å². The Morgan fingerprint density at radius 1 is 1.65 bits per heavy atom. The van der Waals surface area contributed by atoms with E-state index in [0.717, 1.165) is 30.3 Å². The molecule has 0 radical (unpaired) electrons. The Morgan fingerprint density at radius 3 is 3.18 bits per heavy atom. The summed E-state index contributed by atoms with van der Waals surface area (Å²) in [5, 5.41) is 7.59. The summed E-state index contributed by atoms with van der Waals surface area (Å²) in [6, 6.07) is 1.82. The summed E-state index contributed by atoms with van der Waals surface area (Å²) in [6.07, 6.45) is 7.28. The minimum absolute atomic E-state index is 0.126. The quantitative estimate of drug-likeness (QED) is 0.616. The first-order valence-electron chi connectivity index (χ1n) is 6.25. The molecule has 0 amide bonds. The van der Waals surface area contributed by atoms with Crippen molar-refractivity contribution in [3.05, 3.63) is 24.0 Å². The third kappa shape index (κ3) is 2.57. The number of nitrogens with one attached hydrogen (secondary N) is 1. The molecule has 1 atom stereocenters. The van der Waals surface area contributed by atoms with Crippen molar-refractivity contribution in [3.8, 4) is 0 Å². The van der Waals surface area contributed by atoms with Crippen LogP contribution in [0.25, 0.3) is 0 Å². The normalized spacial score (nSPS) is 19.6. The van der Waals surface area contributed by atoms with Crippen molar-refractivity contribution in [2.24, 2.45) is 11.7 Å². The molecule has 0 aromatic carbocycles. The molecular weight excluding hydrogens is 212 g/mol. The van der Waals surface area contributed by atoms with Gasteiger partial charge in [0.05, 0.1) is 11.9 Å². The Morgan fingerprint density at radius 2 is 2.47 bits per heavy atom. The number of nitrogens with two attached hydrogens (primary N) is 1. The number of anilines is 1. The number of hydrogen-bond donors (Lipinski definition) is 2. The first kappa shape index (κ1) is 11.9. The molecule has 92 valence electrons. The lowest BCUT2D eigenvalue weighted by Crippen LogP contribution is -2.24. The van der Waals surface area contributed by atoms with E-state index in [9.17, 15) is 0 Å². The maximum Gasteiger partial charge on any atom is 0.125 e. The molecule has 1 unspecified atom stereocenters. The Kier molecular flexibility index (Phi) is 3.61. The lowest BCUT2D eigenvalue weighted by Gasteiger charge is -2.21. The van der Waals surface area contributed by atoms with Crippen LogP contribution in [-0.4, -0.2) is 23.9 Å². The largest absolute Gasteiger partial charge is 0.384 e. The van der Waals surface area contributed by atoms with Crippen LogP contribution in [0.3, 0.4) is 0 Å². The van der Waals surface area contributed by atoms with Gasteiger partial charge in [0.15, 0.2) is 0 Å². The van der Waals surface area contributed by atoms with Crippen LogP contribution in [0.2, 0.25) is 0 Å². The molecular formula is C13H20N4. The molecule has 1 aromatic rings. The SMILES string of the molecule is CCCC1CCN(c2cnccc2C(=N)N)C1. The molecule has 1 saturated heterocycles. The third-order valence-corrected chi connectivity index (χ3v) is 3.41. The van der Waals surface area contributed by atoms with Crippen molar-refractivity contribution >= 4 is 11.5 Å². The molecule has 3 N–H and O–H groups in total. The second kappa shape index (κ2) is 5.17. The van der Waals surface area contributed by atoms with Gasteiger partial charge in [0.2, 0.25) is 0 Å². The van der Waals surface area contributed by atoms with E-state index in [1.165, 1.54) is 19.3 Å². The van der Waals surface area contributed by atoms with Gasteiger partial charge in [0.25, 0.3) is 0 Å². The molecule has 1 aromatic heterocycles. The van der Waals surface area contributed by atoms with Crippen LogP contribution in [0.4, 0.5) is 5.69 Å². The number of amidine groups is 1. The van der Waals surface area contributed by atoms with E-state index < -0.39 is 0 Å². The topological polar surface area (TPSA) is 66.0 Å². The van der Waals surface area contributed by atoms with Gasteiger partial charge in [-0.05, 0) is 24.8 Å². The zero-order valence-corrected chi connectivity index (χ0v) is 10.3. The molecule has 1 fully saturated rings. The van der Waals surface area contributed by atoms with Crippen LogP contribution >= 0.6 is 0 Å². The van der Waals surface area contributed by atoms with Crippen molar-refractivity contribution in [3.63, 3.8) is 0 Å². The molecule has 1 aliphatic rings. The number of nitrogen functional groups attached to an aromatic ring is 1. The van der Waals surface area contributed by atoms with Crippen molar-refractivity contribution in [1.29, 1.82) is 5.41 Å². The van der Waals surface area contributed by atoms with E-state index in [1.807, 2.05) is 12.3 Å². The standard InChI is InChI=1S/C13H20N4/c1-2-3-10-5-7-17(9-10)12-8-16-6-4-11(12)13(14)15/h4,6,8,10H,2-3,5,7,9H2,1H3,(H3,14,15). The summed E-state index contributed by atoms with van der Waals surface area (Å²) < 4.78 is 0. The molecule has 0 bridgehead atoms. The Hall–Kier alpha value is -1.58. The lowest BCUT2D eigenvalue weighted by molar-refractivity contribution is 0.530. The summed E-state index contributed by atoms with van der Waals surface area (Å²) in [5.74, 6) is 0.904. The van der Waals surface area contributed by atoms with Gasteiger partial charge >= 0.3 is 0 Å². The van der Waals surface area contributed by atoms with E-state index in [-0.39, 0.29) is 5.84 Å². The van der Waals surface area contributed by atoms with Gasteiger partial charge < -0.3 is 10.6 Å².